The Hall–Kier alpha value is -6.36. The first-order valence-electron chi connectivity index (χ1n) is 16.0. The summed E-state index contributed by atoms with van der Waals surface area (Å²) >= 11 is 1.07. The molecule has 4 N–H and O–H groups in total. The van der Waals surface area contributed by atoms with Crippen molar-refractivity contribution in [3.8, 4) is 11.5 Å². The smallest absolute Gasteiger partial charge is 0.497 e. The monoisotopic (exact) mass is 763 g/mol. The molecule has 0 heterocycles. The van der Waals surface area contributed by atoms with E-state index in [2.05, 4.69) is 30.6 Å². The predicted molar refractivity (Wildman–Crippen MR) is 202 cm³/mol. The van der Waals surface area contributed by atoms with E-state index in [9.17, 15) is 22.8 Å². The number of esters is 1. The molecule has 0 radical (unpaired) electrons. The Kier molecular flexibility index (Phi) is 15.0. The summed E-state index contributed by atoms with van der Waals surface area (Å²) < 4.78 is 56.6. The number of ether oxygens (including phenoxy) is 4. The number of methoxy groups -OCH3 is 1. The molecule has 0 bridgehead atoms. The second-order valence-electron chi connectivity index (χ2n) is 11.0. The fourth-order valence-electron chi connectivity index (χ4n) is 4.39. The first kappa shape index (κ1) is 40.4. The summed E-state index contributed by atoms with van der Waals surface area (Å²) in [4.78, 5) is 37.2. The number of amides is 1. The van der Waals surface area contributed by atoms with Crippen molar-refractivity contribution in [2.75, 3.05) is 19.6 Å². The van der Waals surface area contributed by atoms with E-state index in [0.29, 0.717) is 33.4 Å². The maximum Gasteiger partial charge on any atom is 0.573 e. The van der Waals surface area contributed by atoms with Gasteiger partial charge in [-0.05, 0) is 84.3 Å². The summed E-state index contributed by atoms with van der Waals surface area (Å²) in [6.45, 7) is 3.45. The van der Waals surface area contributed by atoms with Gasteiger partial charge in [0.05, 0.1) is 24.7 Å². The topological polar surface area (TPSA) is 171 Å². The average Bonchev–Trinajstić information content (AvgIpc) is 3.15. The van der Waals surface area contributed by atoms with E-state index in [1.165, 1.54) is 18.5 Å². The van der Waals surface area contributed by atoms with Crippen molar-refractivity contribution in [3.63, 3.8) is 0 Å². The number of alkyl carbamates (subject to hydrolysis) is 1. The molecule has 0 saturated carbocycles. The summed E-state index contributed by atoms with van der Waals surface area (Å²) in [6.07, 6.45) is -2.80. The summed E-state index contributed by atoms with van der Waals surface area (Å²) in [6, 6.07) is 24.7. The van der Waals surface area contributed by atoms with Crippen LogP contribution in [0, 0.1) is 13.8 Å². The Morgan fingerprint density at radius 1 is 0.907 bits per heavy atom. The highest BCUT2D eigenvalue weighted by Gasteiger charge is 2.30. The van der Waals surface area contributed by atoms with E-state index >= 15 is 0 Å². The normalized spacial score (nSPS) is 12.1. The summed E-state index contributed by atoms with van der Waals surface area (Å²) in [5.41, 5.74) is 13.8. The highest BCUT2D eigenvalue weighted by atomic mass is 32.2. The van der Waals surface area contributed by atoms with Gasteiger partial charge in [0.2, 0.25) is 0 Å². The minimum atomic E-state index is -4.78. The van der Waals surface area contributed by atoms with Crippen molar-refractivity contribution < 1.29 is 41.7 Å². The van der Waals surface area contributed by atoms with Gasteiger partial charge in [0.15, 0.2) is 5.17 Å². The van der Waals surface area contributed by atoms with Crippen LogP contribution in [0.25, 0.3) is 0 Å². The molecule has 0 unspecified atom stereocenters. The number of aliphatic imine (C=N–C) groups is 3. The summed E-state index contributed by atoms with van der Waals surface area (Å²) in [7, 11) is 1.58. The number of hydrogen-bond acceptors (Lipinski definition) is 10. The molecule has 54 heavy (non-hydrogen) atoms. The molecule has 13 nitrogen and oxygen atoms in total. The standard InChI is InChI=1S/C37H36F3N7O6S/c1-24-17-31(50-3)18-25(2)33(24)46-35(54-23-52-32(48)20-42-36(49)51-21-27-7-5-4-6-8-27)47-45-19-26-9-11-28(12-10-26)34(41)44-22-43-29-13-15-30(16-14-29)53-37(38,39)40/h4-19,22H,20-21,23H2,1-3H3,(H,42,49)(H,46,47)(H2,41,43,44)/b45-19+. The molecule has 4 aromatic rings. The molecule has 0 aromatic heterocycles. The third-order valence-electron chi connectivity index (χ3n) is 6.97. The molecular formula is C37H36F3N7O6S. The number of carbonyl (C=O) groups excluding carboxylic acids is 2. The molecule has 282 valence electrons. The zero-order valence-electron chi connectivity index (χ0n) is 29.3. The Balaban J connectivity index is 1.34. The van der Waals surface area contributed by atoms with Crippen molar-refractivity contribution in [1.82, 2.24) is 10.7 Å². The third-order valence-corrected chi connectivity index (χ3v) is 7.66. The van der Waals surface area contributed by atoms with Gasteiger partial charge in [-0.3, -0.25) is 10.2 Å². The molecule has 0 atom stereocenters. The fourth-order valence-corrected chi connectivity index (χ4v) is 4.97. The van der Waals surface area contributed by atoms with Crippen molar-refractivity contribution in [2.24, 2.45) is 25.8 Å². The van der Waals surface area contributed by atoms with E-state index in [1.807, 2.05) is 56.3 Å². The average molecular weight is 764 g/mol. The number of nitrogens with one attached hydrogen (secondary N) is 2. The number of amidine groups is 2. The number of halogens is 3. The molecule has 0 aliphatic rings. The lowest BCUT2D eigenvalue weighted by molar-refractivity contribution is -0.274. The Bertz CT molecular complexity index is 1970. The predicted octanol–water partition coefficient (Wildman–Crippen LogP) is 7.05. The van der Waals surface area contributed by atoms with E-state index in [4.69, 9.17) is 24.9 Å². The molecule has 4 rings (SSSR count). The number of nitrogens with zero attached hydrogens (tertiary/aromatic N) is 4. The third kappa shape index (κ3) is 14.0. The fraction of sp³-hybridized carbons (Fsp3) is 0.189. The van der Waals surface area contributed by atoms with Crippen LogP contribution in [0.5, 0.6) is 11.5 Å². The SMILES string of the molecule is COc1cc(C)c(N=C(N/N=C/c2ccc(C(N)=NC=Nc3ccc(OC(F)(F)F)cc3)cc2)SCOC(=O)CNC(=O)OCc2ccccc2)c(C)c1. The molecule has 0 aliphatic carbocycles. The van der Waals surface area contributed by atoms with Crippen LogP contribution >= 0.6 is 11.8 Å². The molecule has 0 saturated heterocycles. The van der Waals surface area contributed by atoms with Gasteiger partial charge in [-0.15, -0.1) is 13.2 Å². The lowest BCUT2D eigenvalue weighted by Crippen LogP contribution is -2.31. The molecule has 1 amide bonds. The number of thioether (sulfide) groups is 1. The highest BCUT2D eigenvalue weighted by molar-refractivity contribution is 8.13. The maximum atomic E-state index is 12.4. The van der Waals surface area contributed by atoms with Gasteiger partial charge in [0.25, 0.3) is 0 Å². The number of alkyl halides is 3. The van der Waals surface area contributed by atoms with Crippen LogP contribution in [0.3, 0.4) is 0 Å². The molecule has 17 heteroatoms. The van der Waals surface area contributed by atoms with Gasteiger partial charge < -0.3 is 30.0 Å². The van der Waals surface area contributed by atoms with E-state index < -0.39 is 18.4 Å². The van der Waals surface area contributed by atoms with Crippen LogP contribution in [0.4, 0.5) is 29.3 Å². The van der Waals surface area contributed by atoms with Crippen LogP contribution in [0.2, 0.25) is 0 Å². The minimum absolute atomic E-state index is 0.0611. The summed E-state index contributed by atoms with van der Waals surface area (Å²) in [5.74, 6) is -0.339. The quantitative estimate of drug-likeness (QED) is 0.0401. The van der Waals surface area contributed by atoms with Gasteiger partial charge >= 0.3 is 18.4 Å². The van der Waals surface area contributed by atoms with E-state index in [-0.39, 0.29) is 30.7 Å². The lowest BCUT2D eigenvalue weighted by Gasteiger charge is -2.11. The number of carbonyl (C=O) groups is 2. The number of aryl methyl sites for hydroxylation is 2. The van der Waals surface area contributed by atoms with E-state index in [1.54, 1.807) is 37.6 Å². The van der Waals surface area contributed by atoms with Crippen molar-refractivity contribution in [2.45, 2.75) is 26.8 Å². The summed E-state index contributed by atoms with van der Waals surface area (Å²) in [5, 5.41) is 6.98. The van der Waals surface area contributed by atoms with Gasteiger partial charge in [-0.25, -0.2) is 19.8 Å². The van der Waals surface area contributed by atoms with Crippen LogP contribution in [0.15, 0.2) is 111 Å². The first-order chi connectivity index (χ1) is 25.9. The van der Waals surface area contributed by atoms with Crippen molar-refractivity contribution >= 4 is 58.8 Å². The first-order valence-corrected chi connectivity index (χ1v) is 16.9. The number of nitrogens with two attached hydrogens (primary N) is 1. The van der Waals surface area contributed by atoms with Crippen LogP contribution in [-0.4, -0.2) is 61.6 Å². The van der Waals surface area contributed by atoms with Crippen molar-refractivity contribution in [3.05, 3.63) is 119 Å². The second-order valence-corrected chi connectivity index (χ2v) is 11.9. The molecule has 4 aromatic carbocycles. The Labute approximate surface area is 313 Å². The molecule has 0 aliphatic heterocycles. The van der Waals surface area contributed by atoms with Gasteiger partial charge in [-0.2, -0.15) is 5.10 Å². The molecular weight excluding hydrogens is 728 g/mol. The second kappa shape index (κ2) is 20.0. The molecule has 0 fully saturated rings. The Morgan fingerprint density at radius 3 is 2.24 bits per heavy atom. The van der Waals surface area contributed by atoms with Crippen LogP contribution < -0.4 is 25.9 Å². The zero-order chi connectivity index (χ0) is 38.9. The van der Waals surface area contributed by atoms with Gasteiger partial charge in [0.1, 0.15) is 42.8 Å². The van der Waals surface area contributed by atoms with Crippen LogP contribution in [0.1, 0.15) is 27.8 Å². The zero-order valence-corrected chi connectivity index (χ0v) is 30.1. The largest absolute Gasteiger partial charge is 0.573 e. The van der Waals surface area contributed by atoms with Crippen LogP contribution in [-0.2, 0) is 20.9 Å². The maximum absolute atomic E-state index is 12.4. The van der Waals surface area contributed by atoms with Gasteiger partial charge in [0, 0.05) is 5.56 Å². The minimum Gasteiger partial charge on any atom is -0.497 e. The number of rotatable bonds is 14. The lowest BCUT2D eigenvalue weighted by atomic mass is 10.1. The number of benzene rings is 4. The Morgan fingerprint density at radius 2 is 1.59 bits per heavy atom. The van der Waals surface area contributed by atoms with Gasteiger partial charge in [-0.1, -0.05) is 54.6 Å². The molecule has 0 spiro atoms. The van der Waals surface area contributed by atoms with Crippen molar-refractivity contribution in [1.29, 1.82) is 0 Å². The number of hydrazone groups is 1. The highest BCUT2D eigenvalue weighted by Crippen LogP contribution is 2.30. The number of hydrogen-bond donors (Lipinski definition) is 3. The van der Waals surface area contributed by atoms with E-state index in [0.717, 1.165) is 40.6 Å².